The highest BCUT2D eigenvalue weighted by molar-refractivity contribution is 5.78. The Labute approximate surface area is 103 Å². The van der Waals surface area contributed by atoms with Crippen LogP contribution in [0.3, 0.4) is 0 Å². The van der Waals surface area contributed by atoms with Gasteiger partial charge in [0.15, 0.2) is 0 Å². The summed E-state index contributed by atoms with van der Waals surface area (Å²) in [7, 11) is 1.93. The highest BCUT2D eigenvalue weighted by Gasteiger charge is 2.24. The van der Waals surface area contributed by atoms with Crippen molar-refractivity contribution in [2.45, 2.75) is 18.9 Å². The first-order valence-corrected chi connectivity index (χ1v) is 6.54. The smallest absolute Gasteiger partial charge is 0.236 e. The zero-order valence-electron chi connectivity index (χ0n) is 10.7. The maximum atomic E-state index is 12.1. The van der Waals surface area contributed by atoms with Gasteiger partial charge < -0.3 is 15.0 Å². The standard InChI is InChI=1S/C12H23N3O2/c1-14(11-2-8-17-9-3-11)12(16)10-15-6-4-13-5-7-15/h11,13H,2-10H2,1H3. The van der Waals surface area contributed by atoms with Gasteiger partial charge >= 0.3 is 0 Å². The first-order chi connectivity index (χ1) is 8.27. The van der Waals surface area contributed by atoms with Gasteiger partial charge in [0.2, 0.25) is 5.91 Å². The fourth-order valence-corrected chi connectivity index (χ4v) is 2.45. The van der Waals surface area contributed by atoms with Crippen LogP contribution in [0.1, 0.15) is 12.8 Å². The molecule has 0 aromatic heterocycles. The second kappa shape index (κ2) is 6.33. The highest BCUT2D eigenvalue weighted by atomic mass is 16.5. The molecule has 0 unspecified atom stereocenters. The summed E-state index contributed by atoms with van der Waals surface area (Å²) in [6.07, 6.45) is 1.95. The van der Waals surface area contributed by atoms with Gasteiger partial charge in [-0.15, -0.1) is 0 Å². The zero-order chi connectivity index (χ0) is 12.1. The SMILES string of the molecule is CN(C(=O)CN1CCNCC1)C1CCOCC1. The zero-order valence-corrected chi connectivity index (χ0v) is 10.7. The topological polar surface area (TPSA) is 44.8 Å². The number of likely N-dealkylation sites (N-methyl/N-ethyl adjacent to an activating group) is 1. The Morgan fingerprint density at radius 2 is 2.00 bits per heavy atom. The third-order valence-electron chi connectivity index (χ3n) is 3.70. The average Bonchev–Trinajstić information content (AvgIpc) is 2.40. The van der Waals surface area contributed by atoms with Crippen molar-refractivity contribution >= 4 is 5.91 Å². The predicted molar refractivity (Wildman–Crippen MR) is 65.9 cm³/mol. The summed E-state index contributed by atoms with van der Waals surface area (Å²) in [6, 6.07) is 0.374. The number of rotatable bonds is 3. The van der Waals surface area contributed by atoms with Crippen LogP contribution in [0, 0.1) is 0 Å². The number of nitrogens with one attached hydrogen (secondary N) is 1. The van der Waals surface area contributed by atoms with Crippen LogP contribution in [0.25, 0.3) is 0 Å². The number of ether oxygens (including phenoxy) is 1. The number of piperazine rings is 1. The Morgan fingerprint density at radius 1 is 1.35 bits per heavy atom. The molecule has 5 heteroatoms. The molecule has 98 valence electrons. The van der Waals surface area contributed by atoms with E-state index in [1.807, 2.05) is 11.9 Å². The molecular formula is C12H23N3O2. The molecule has 2 aliphatic rings. The molecule has 2 rings (SSSR count). The first kappa shape index (κ1) is 12.8. The van der Waals surface area contributed by atoms with E-state index in [0.29, 0.717) is 12.6 Å². The van der Waals surface area contributed by atoms with Crippen molar-refractivity contribution in [1.29, 1.82) is 0 Å². The first-order valence-electron chi connectivity index (χ1n) is 6.54. The Hall–Kier alpha value is -0.650. The number of hydrogen-bond acceptors (Lipinski definition) is 4. The fourth-order valence-electron chi connectivity index (χ4n) is 2.45. The number of amides is 1. The van der Waals surface area contributed by atoms with Crippen LogP contribution in [-0.4, -0.2) is 74.7 Å². The van der Waals surface area contributed by atoms with Crippen LogP contribution in [0.4, 0.5) is 0 Å². The van der Waals surface area contributed by atoms with E-state index >= 15 is 0 Å². The van der Waals surface area contributed by atoms with E-state index in [1.54, 1.807) is 0 Å². The monoisotopic (exact) mass is 241 g/mol. The summed E-state index contributed by atoms with van der Waals surface area (Å²) in [4.78, 5) is 16.3. The summed E-state index contributed by atoms with van der Waals surface area (Å²) in [5, 5.41) is 3.30. The lowest BCUT2D eigenvalue weighted by atomic mass is 10.1. The van der Waals surface area contributed by atoms with Crippen molar-refractivity contribution in [2.75, 3.05) is 53.0 Å². The average molecular weight is 241 g/mol. The van der Waals surface area contributed by atoms with Gasteiger partial charge in [-0.2, -0.15) is 0 Å². The molecule has 0 radical (unpaired) electrons. The summed E-state index contributed by atoms with van der Waals surface area (Å²) in [5.74, 6) is 0.249. The van der Waals surface area contributed by atoms with Gasteiger partial charge in [0.25, 0.3) is 0 Å². The van der Waals surface area contributed by atoms with Crippen LogP contribution in [0.15, 0.2) is 0 Å². The van der Waals surface area contributed by atoms with Gasteiger partial charge in [0.1, 0.15) is 0 Å². The second-order valence-corrected chi connectivity index (χ2v) is 4.87. The number of hydrogen-bond donors (Lipinski definition) is 1. The van der Waals surface area contributed by atoms with E-state index in [1.165, 1.54) is 0 Å². The van der Waals surface area contributed by atoms with Gasteiger partial charge in [-0.25, -0.2) is 0 Å². The van der Waals surface area contributed by atoms with Gasteiger partial charge in [0.05, 0.1) is 6.54 Å². The molecule has 0 aromatic rings. The Balaban J connectivity index is 1.77. The van der Waals surface area contributed by atoms with Gasteiger partial charge in [-0.05, 0) is 12.8 Å². The molecular weight excluding hydrogens is 218 g/mol. The van der Waals surface area contributed by atoms with Gasteiger partial charge in [-0.1, -0.05) is 0 Å². The van der Waals surface area contributed by atoms with Crippen LogP contribution < -0.4 is 5.32 Å². The molecule has 0 aromatic carbocycles. The molecule has 0 bridgehead atoms. The van der Waals surface area contributed by atoms with Crippen LogP contribution in [0.2, 0.25) is 0 Å². The van der Waals surface area contributed by atoms with Crippen molar-refractivity contribution in [3.05, 3.63) is 0 Å². The number of carbonyl (C=O) groups is 1. The molecule has 2 fully saturated rings. The predicted octanol–water partition coefficient (Wildman–Crippen LogP) is -0.471. The van der Waals surface area contributed by atoms with Crippen molar-refractivity contribution < 1.29 is 9.53 Å². The largest absolute Gasteiger partial charge is 0.381 e. The van der Waals surface area contributed by atoms with Crippen LogP contribution in [0.5, 0.6) is 0 Å². The summed E-state index contributed by atoms with van der Waals surface area (Å²) in [5.41, 5.74) is 0. The molecule has 0 atom stereocenters. The molecule has 17 heavy (non-hydrogen) atoms. The number of nitrogens with zero attached hydrogens (tertiary/aromatic N) is 2. The van der Waals surface area contributed by atoms with Crippen molar-refractivity contribution in [3.8, 4) is 0 Å². The maximum absolute atomic E-state index is 12.1. The van der Waals surface area contributed by atoms with E-state index in [-0.39, 0.29) is 5.91 Å². The molecule has 1 N–H and O–H groups in total. The van der Waals surface area contributed by atoms with Crippen molar-refractivity contribution in [3.63, 3.8) is 0 Å². The molecule has 2 saturated heterocycles. The minimum absolute atomic E-state index is 0.249. The summed E-state index contributed by atoms with van der Waals surface area (Å²) < 4.78 is 5.32. The van der Waals surface area contributed by atoms with Crippen LogP contribution >= 0.6 is 0 Å². The molecule has 0 saturated carbocycles. The minimum Gasteiger partial charge on any atom is -0.381 e. The van der Waals surface area contributed by atoms with E-state index in [4.69, 9.17) is 4.74 Å². The summed E-state index contributed by atoms with van der Waals surface area (Å²) in [6.45, 7) is 6.09. The molecule has 2 aliphatic heterocycles. The van der Waals surface area contributed by atoms with Gasteiger partial charge in [-0.3, -0.25) is 9.69 Å². The summed E-state index contributed by atoms with van der Waals surface area (Å²) >= 11 is 0. The van der Waals surface area contributed by atoms with E-state index < -0.39 is 0 Å². The minimum atomic E-state index is 0.249. The molecule has 2 heterocycles. The van der Waals surface area contributed by atoms with Crippen molar-refractivity contribution in [2.24, 2.45) is 0 Å². The fraction of sp³-hybridized carbons (Fsp3) is 0.917. The van der Waals surface area contributed by atoms with Gasteiger partial charge in [0, 0.05) is 52.5 Å². The lowest BCUT2D eigenvalue weighted by Gasteiger charge is -2.34. The number of carbonyl (C=O) groups excluding carboxylic acids is 1. The quantitative estimate of drug-likeness (QED) is 0.725. The van der Waals surface area contributed by atoms with Crippen molar-refractivity contribution in [1.82, 2.24) is 15.1 Å². The molecule has 0 spiro atoms. The Bertz CT molecular complexity index is 248. The Kier molecular flexibility index (Phi) is 4.76. The van der Waals surface area contributed by atoms with Crippen LogP contribution in [-0.2, 0) is 9.53 Å². The molecule has 0 aliphatic carbocycles. The third kappa shape index (κ3) is 3.66. The third-order valence-corrected chi connectivity index (χ3v) is 3.70. The molecule has 5 nitrogen and oxygen atoms in total. The maximum Gasteiger partial charge on any atom is 0.236 e. The normalized spacial score (nSPS) is 23.6. The van der Waals surface area contributed by atoms with E-state index in [9.17, 15) is 4.79 Å². The molecule has 1 amide bonds. The Morgan fingerprint density at radius 3 is 2.65 bits per heavy atom. The van der Waals surface area contributed by atoms with E-state index in [2.05, 4.69) is 10.2 Å². The van der Waals surface area contributed by atoms with E-state index in [0.717, 1.165) is 52.2 Å². The lowest BCUT2D eigenvalue weighted by Crippen LogP contribution is -2.50. The lowest BCUT2D eigenvalue weighted by molar-refractivity contribution is -0.135. The second-order valence-electron chi connectivity index (χ2n) is 4.87. The highest BCUT2D eigenvalue weighted by Crippen LogP contribution is 2.13.